The van der Waals surface area contributed by atoms with E-state index in [1.165, 1.54) is 6.92 Å². The molecular weight excluding hydrogens is 300 g/mol. The van der Waals surface area contributed by atoms with Crippen LogP contribution in [-0.2, 0) is 9.53 Å². The molecule has 0 N–H and O–H groups in total. The predicted molar refractivity (Wildman–Crippen MR) is 87.2 cm³/mol. The number of carbonyl (C=O) groups is 1. The number of halogens is 2. The van der Waals surface area contributed by atoms with Crippen molar-refractivity contribution in [3.8, 4) is 0 Å². The van der Waals surface area contributed by atoms with E-state index in [9.17, 15) is 13.6 Å². The maximum atomic E-state index is 13.6. The summed E-state index contributed by atoms with van der Waals surface area (Å²) in [6.45, 7) is 9.10. The van der Waals surface area contributed by atoms with E-state index in [0.717, 1.165) is 0 Å². The first-order valence-electron chi connectivity index (χ1n) is 7.76. The Morgan fingerprint density at radius 3 is 2.00 bits per heavy atom. The summed E-state index contributed by atoms with van der Waals surface area (Å²) in [7, 11) is 0. The number of hydrogen-bond acceptors (Lipinski definition) is 3. The number of benzene rings is 1. The van der Waals surface area contributed by atoms with E-state index in [1.807, 2.05) is 32.6 Å². The first kappa shape index (κ1) is 19.3. The van der Waals surface area contributed by atoms with E-state index in [1.54, 1.807) is 30.3 Å². The lowest BCUT2D eigenvalue weighted by molar-refractivity contribution is -0.145. The lowest BCUT2D eigenvalue weighted by Crippen LogP contribution is -2.39. The van der Waals surface area contributed by atoms with Crippen LogP contribution in [0.3, 0.4) is 0 Å². The van der Waals surface area contributed by atoms with Crippen LogP contribution in [0.5, 0.6) is 0 Å². The van der Waals surface area contributed by atoms with Gasteiger partial charge >= 0.3 is 5.97 Å². The standard InChI is InChI=1S/C18H25F2NO2/c1-12(2)21(13(3)4)11-16(18(19)20)17(23-14(5)22)15-9-7-6-8-10-15/h6-10,12-13,17H,11H2,1-5H3. The maximum Gasteiger partial charge on any atom is 0.303 e. The zero-order valence-corrected chi connectivity index (χ0v) is 14.3. The van der Waals surface area contributed by atoms with Crippen molar-refractivity contribution in [2.75, 3.05) is 6.54 Å². The van der Waals surface area contributed by atoms with Crippen LogP contribution < -0.4 is 0 Å². The SMILES string of the molecule is CC(=O)OC(C(CN(C(C)C)C(C)C)=C(F)F)c1ccccc1. The van der Waals surface area contributed by atoms with Gasteiger partial charge in [-0.1, -0.05) is 30.3 Å². The molecule has 23 heavy (non-hydrogen) atoms. The minimum atomic E-state index is -1.80. The Bertz CT molecular complexity index is 529. The molecule has 0 bridgehead atoms. The Hall–Kier alpha value is -1.75. The smallest absolute Gasteiger partial charge is 0.303 e. The molecule has 0 aliphatic rings. The molecule has 1 aromatic carbocycles. The van der Waals surface area contributed by atoms with E-state index in [-0.39, 0.29) is 24.2 Å². The molecule has 0 saturated heterocycles. The molecule has 0 saturated carbocycles. The minimum absolute atomic E-state index is 0.0461. The predicted octanol–water partition coefficient (Wildman–Crippen LogP) is 4.56. The van der Waals surface area contributed by atoms with Crippen molar-refractivity contribution in [1.82, 2.24) is 4.90 Å². The van der Waals surface area contributed by atoms with Gasteiger partial charge in [0.15, 0.2) is 6.10 Å². The van der Waals surface area contributed by atoms with E-state index >= 15 is 0 Å². The van der Waals surface area contributed by atoms with Crippen LogP contribution in [0.2, 0.25) is 0 Å². The van der Waals surface area contributed by atoms with Gasteiger partial charge in [0.25, 0.3) is 6.08 Å². The van der Waals surface area contributed by atoms with Gasteiger partial charge in [0.2, 0.25) is 0 Å². The second-order valence-corrected chi connectivity index (χ2v) is 6.05. The highest BCUT2D eigenvalue weighted by molar-refractivity contribution is 5.66. The second-order valence-electron chi connectivity index (χ2n) is 6.05. The topological polar surface area (TPSA) is 29.5 Å². The van der Waals surface area contributed by atoms with E-state index < -0.39 is 18.2 Å². The largest absolute Gasteiger partial charge is 0.453 e. The summed E-state index contributed by atoms with van der Waals surface area (Å²) >= 11 is 0. The zero-order valence-electron chi connectivity index (χ0n) is 14.3. The lowest BCUT2D eigenvalue weighted by atomic mass is 10.0. The number of carbonyl (C=O) groups excluding carboxylic acids is 1. The van der Waals surface area contributed by atoms with E-state index in [4.69, 9.17) is 4.74 Å². The first-order chi connectivity index (χ1) is 10.7. The van der Waals surface area contributed by atoms with Gasteiger partial charge in [-0.3, -0.25) is 9.69 Å². The summed E-state index contributed by atoms with van der Waals surface area (Å²) in [4.78, 5) is 13.3. The first-order valence-corrected chi connectivity index (χ1v) is 7.76. The molecule has 128 valence electrons. The van der Waals surface area contributed by atoms with Crippen molar-refractivity contribution >= 4 is 5.97 Å². The Morgan fingerprint density at radius 2 is 1.61 bits per heavy atom. The fourth-order valence-electron chi connectivity index (χ4n) is 2.53. The van der Waals surface area contributed by atoms with Crippen molar-refractivity contribution in [1.29, 1.82) is 0 Å². The van der Waals surface area contributed by atoms with Crippen LogP contribution >= 0.6 is 0 Å². The Balaban J connectivity index is 3.22. The summed E-state index contributed by atoms with van der Waals surface area (Å²) in [5.74, 6) is -0.585. The average molecular weight is 325 g/mol. The highest BCUT2D eigenvalue weighted by Gasteiger charge is 2.28. The summed E-state index contributed by atoms with van der Waals surface area (Å²) < 4.78 is 32.5. The molecule has 5 heteroatoms. The Labute approximate surface area is 136 Å². The fraction of sp³-hybridized carbons (Fsp3) is 0.500. The van der Waals surface area contributed by atoms with Gasteiger partial charge in [-0.15, -0.1) is 0 Å². The highest BCUT2D eigenvalue weighted by atomic mass is 19.3. The van der Waals surface area contributed by atoms with Crippen molar-refractivity contribution in [3.05, 3.63) is 47.5 Å². The lowest BCUT2D eigenvalue weighted by Gasteiger charge is -2.33. The quantitative estimate of drug-likeness (QED) is 0.688. The third kappa shape index (κ3) is 5.75. The molecule has 0 amide bonds. The minimum Gasteiger partial charge on any atom is -0.453 e. The third-order valence-electron chi connectivity index (χ3n) is 3.62. The summed E-state index contributed by atoms with van der Waals surface area (Å²) in [6.07, 6.45) is -2.87. The number of nitrogens with zero attached hydrogens (tertiary/aromatic N) is 1. The number of hydrogen-bond donors (Lipinski definition) is 0. The van der Waals surface area contributed by atoms with Gasteiger partial charge in [0.05, 0.1) is 5.57 Å². The average Bonchev–Trinajstić information content (AvgIpc) is 2.45. The van der Waals surface area contributed by atoms with Crippen molar-refractivity contribution < 1.29 is 18.3 Å². The van der Waals surface area contributed by atoms with Crippen molar-refractivity contribution in [2.24, 2.45) is 0 Å². The van der Waals surface area contributed by atoms with Gasteiger partial charge in [-0.25, -0.2) is 0 Å². The van der Waals surface area contributed by atoms with E-state index in [0.29, 0.717) is 5.56 Å². The van der Waals surface area contributed by atoms with Gasteiger partial charge < -0.3 is 4.74 Å². The molecular formula is C18H25F2NO2. The molecule has 1 rings (SSSR count). The molecule has 0 aliphatic heterocycles. The van der Waals surface area contributed by atoms with Gasteiger partial charge in [0.1, 0.15) is 0 Å². The normalized spacial score (nSPS) is 12.6. The molecule has 1 atom stereocenters. The van der Waals surface area contributed by atoms with Crippen LogP contribution in [0.1, 0.15) is 46.3 Å². The van der Waals surface area contributed by atoms with Crippen LogP contribution in [0.15, 0.2) is 42.0 Å². The third-order valence-corrected chi connectivity index (χ3v) is 3.62. The summed E-state index contributed by atoms with van der Waals surface area (Å²) in [5.41, 5.74) is 0.367. The summed E-state index contributed by atoms with van der Waals surface area (Å²) in [5, 5.41) is 0. The Kier molecular flexibility index (Phi) is 7.36. The molecule has 1 aromatic rings. The zero-order chi connectivity index (χ0) is 17.6. The molecule has 0 heterocycles. The molecule has 0 aromatic heterocycles. The monoisotopic (exact) mass is 325 g/mol. The van der Waals surface area contributed by atoms with Crippen molar-refractivity contribution in [3.63, 3.8) is 0 Å². The number of rotatable bonds is 7. The maximum absolute atomic E-state index is 13.6. The molecule has 0 fully saturated rings. The van der Waals surface area contributed by atoms with Gasteiger partial charge in [-0.2, -0.15) is 8.78 Å². The van der Waals surface area contributed by atoms with E-state index in [2.05, 4.69) is 0 Å². The molecule has 0 aliphatic carbocycles. The van der Waals surface area contributed by atoms with Gasteiger partial charge in [0, 0.05) is 25.6 Å². The highest BCUT2D eigenvalue weighted by Crippen LogP contribution is 2.31. The molecule has 3 nitrogen and oxygen atoms in total. The second kappa shape index (κ2) is 8.77. The fourth-order valence-corrected chi connectivity index (χ4v) is 2.53. The van der Waals surface area contributed by atoms with Crippen LogP contribution in [0.25, 0.3) is 0 Å². The number of ether oxygens (including phenoxy) is 1. The molecule has 1 unspecified atom stereocenters. The number of esters is 1. The Morgan fingerprint density at radius 1 is 1.09 bits per heavy atom. The van der Waals surface area contributed by atoms with Crippen molar-refractivity contribution in [2.45, 2.75) is 52.8 Å². The van der Waals surface area contributed by atoms with Crippen LogP contribution in [0.4, 0.5) is 8.78 Å². The van der Waals surface area contributed by atoms with Crippen LogP contribution in [-0.4, -0.2) is 29.5 Å². The summed E-state index contributed by atoms with van der Waals surface area (Å²) in [6, 6.07) is 8.83. The van der Waals surface area contributed by atoms with Crippen LogP contribution in [0, 0.1) is 0 Å². The molecule has 0 radical (unpaired) electrons. The molecule has 0 spiro atoms. The van der Waals surface area contributed by atoms with Gasteiger partial charge in [-0.05, 0) is 33.3 Å².